The molecule has 0 saturated heterocycles. The zero-order valence-electron chi connectivity index (χ0n) is 17.5. The van der Waals surface area contributed by atoms with E-state index in [2.05, 4.69) is 19.1 Å². The first-order valence-electron chi connectivity index (χ1n) is 10.8. The van der Waals surface area contributed by atoms with Crippen molar-refractivity contribution in [3.63, 3.8) is 0 Å². The number of hydrogen-bond donors (Lipinski definition) is 0. The fraction of sp³-hybridized carbons (Fsp3) is 0.423. The van der Waals surface area contributed by atoms with E-state index in [1.807, 2.05) is 18.2 Å². The Kier molecular flexibility index (Phi) is 7.74. The molecule has 0 radical (unpaired) electrons. The van der Waals surface area contributed by atoms with Gasteiger partial charge in [0.05, 0.1) is 0 Å². The van der Waals surface area contributed by atoms with E-state index in [1.54, 1.807) is 13.1 Å². The lowest BCUT2D eigenvalue weighted by atomic mass is 9.87. The van der Waals surface area contributed by atoms with Crippen molar-refractivity contribution in [3.05, 3.63) is 82.6 Å². The molecule has 3 heteroatoms. The first-order chi connectivity index (χ1) is 14.1. The van der Waals surface area contributed by atoms with Crippen LogP contribution in [0.4, 0.5) is 8.78 Å². The lowest BCUT2D eigenvalue weighted by Gasteiger charge is -2.21. The van der Waals surface area contributed by atoms with E-state index in [9.17, 15) is 8.78 Å². The molecule has 29 heavy (non-hydrogen) atoms. The molecule has 0 N–H and O–H groups in total. The minimum absolute atomic E-state index is 0.214. The minimum Gasteiger partial charge on any atom is -0.261 e. The van der Waals surface area contributed by atoms with Crippen molar-refractivity contribution in [1.29, 1.82) is 0 Å². The highest BCUT2D eigenvalue weighted by Crippen LogP contribution is 2.38. The van der Waals surface area contributed by atoms with Crippen molar-refractivity contribution in [2.75, 3.05) is 0 Å². The molecule has 1 saturated carbocycles. The van der Waals surface area contributed by atoms with Crippen molar-refractivity contribution in [3.8, 4) is 0 Å². The van der Waals surface area contributed by atoms with Crippen molar-refractivity contribution < 1.29 is 8.78 Å². The molecule has 0 heterocycles. The molecule has 0 bridgehead atoms. The predicted octanol–water partition coefficient (Wildman–Crippen LogP) is 7.67. The third-order valence-corrected chi connectivity index (χ3v) is 5.62. The number of nitrogens with zero attached hydrogens (tertiary/aromatic N) is 1. The number of aliphatic imine (C=N–C) groups is 1. The molecule has 0 unspecified atom stereocenters. The van der Waals surface area contributed by atoms with Gasteiger partial charge in [0, 0.05) is 23.4 Å². The van der Waals surface area contributed by atoms with Gasteiger partial charge in [0.15, 0.2) is 0 Å². The lowest BCUT2D eigenvalue weighted by Crippen LogP contribution is -2.11. The molecule has 2 aliphatic carbocycles. The van der Waals surface area contributed by atoms with Crippen LogP contribution < -0.4 is 0 Å². The number of hydrogen-bond acceptors (Lipinski definition) is 1. The van der Waals surface area contributed by atoms with Crippen LogP contribution >= 0.6 is 0 Å². The van der Waals surface area contributed by atoms with E-state index < -0.39 is 0 Å². The largest absolute Gasteiger partial charge is 0.261 e. The van der Waals surface area contributed by atoms with Crippen LogP contribution in [0.25, 0.3) is 0 Å². The van der Waals surface area contributed by atoms with Crippen LogP contribution in [-0.4, -0.2) is 6.21 Å². The molecule has 1 fully saturated rings. The Morgan fingerprint density at radius 3 is 2.59 bits per heavy atom. The van der Waals surface area contributed by atoms with Crippen LogP contribution in [-0.2, 0) is 6.42 Å². The minimum atomic E-state index is -0.233. The Morgan fingerprint density at radius 2 is 1.93 bits per heavy atom. The van der Waals surface area contributed by atoms with E-state index >= 15 is 0 Å². The van der Waals surface area contributed by atoms with Gasteiger partial charge in [-0.15, -0.1) is 0 Å². The SMILES string of the molecule is C\C=C(F)/C(C=NC1=CCCC[C@@H]1Cc1ccc(F)cc1)=C\C(=C\CC)C1CC1. The van der Waals surface area contributed by atoms with Crippen molar-refractivity contribution in [2.45, 2.75) is 58.8 Å². The van der Waals surface area contributed by atoms with Crippen LogP contribution in [0.1, 0.15) is 57.9 Å². The Balaban J connectivity index is 1.79. The highest BCUT2D eigenvalue weighted by atomic mass is 19.1. The fourth-order valence-electron chi connectivity index (χ4n) is 3.85. The molecule has 0 aliphatic heterocycles. The van der Waals surface area contributed by atoms with Gasteiger partial charge in [-0.2, -0.15) is 0 Å². The first kappa shape index (κ1) is 21.4. The molecule has 154 valence electrons. The standard InChI is InChI=1S/C26H31F2N/c1-3-7-21(20-12-13-20)17-23(25(28)4-2)18-29-26-9-6-5-8-22(26)16-19-10-14-24(27)15-11-19/h4,7,9-11,14-15,17-18,20,22H,3,5-6,8,12-13,16H2,1-2H3/b21-7-,23-17-,25-4+,29-18?/t22-/m1/s1. The normalized spacial score (nSPS) is 21.6. The summed E-state index contributed by atoms with van der Waals surface area (Å²) in [6.07, 6.45) is 16.9. The summed E-state index contributed by atoms with van der Waals surface area (Å²) in [4.78, 5) is 4.73. The summed E-state index contributed by atoms with van der Waals surface area (Å²) in [5, 5.41) is 0. The third-order valence-electron chi connectivity index (χ3n) is 5.62. The van der Waals surface area contributed by atoms with Gasteiger partial charge in [0.2, 0.25) is 0 Å². The van der Waals surface area contributed by atoms with Crippen molar-refractivity contribution >= 4 is 6.21 Å². The Morgan fingerprint density at radius 1 is 1.17 bits per heavy atom. The van der Waals surface area contributed by atoms with E-state index in [-0.39, 0.29) is 17.6 Å². The molecule has 0 spiro atoms. The third kappa shape index (κ3) is 6.35. The number of halogens is 2. The quantitative estimate of drug-likeness (QED) is 0.316. The topological polar surface area (TPSA) is 12.4 Å². The zero-order valence-corrected chi connectivity index (χ0v) is 17.5. The van der Waals surface area contributed by atoms with Gasteiger partial charge in [-0.3, -0.25) is 4.99 Å². The Bertz CT molecular complexity index is 836. The second-order valence-electron chi connectivity index (χ2n) is 7.97. The maximum absolute atomic E-state index is 14.5. The van der Waals surface area contributed by atoms with E-state index in [0.29, 0.717) is 11.5 Å². The molecule has 1 atom stereocenters. The molecule has 1 aromatic rings. The predicted molar refractivity (Wildman–Crippen MR) is 118 cm³/mol. The van der Waals surface area contributed by atoms with Gasteiger partial charge in [-0.1, -0.05) is 37.3 Å². The lowest BCUT2D eigenvalue weighted by molar-refractivity contribution is 0.504. The monoisotopic (exact) mass is 395 g/mol. The van der Waals surface area contributed by atoms with Crippen LogP contribution in [0.3, 0.4) is 0 Å². The molecule has 1 aromatic carbocycles. The summed E-state index contributed by atoms with van der Waals surface area (Å²) < 4.78 is 27.7. The molecule has 0 aromatic heterocycles. The summed E-state index contributed by atoms with van der Waals surface area (Å²) in [6, 6.07) is 6.69. The zero-order chi connectivity index (χ0) is 20.6. The molecule has 3 rings (SSSR count). The Labute approximate surface area is 173 Å². The van der Waals surface area contributed by atoms with Gasteiger partial charge in [-0.25, -0.2) is 8.78 Å². The smallest absolute Gasteiger partial charge is 0.127 e. The van der Waals surface area contributed by atoms with E-state index in [0.717, 1.165) is 43.4 Å². The Hall–Kier alpha value is -2.29. The summed E-state index contributed by atoms with van der Waals surface area (Å²) in [6.45, 7) is 3.83. The van der Waals surface area contributed by atoms with Gasteiger partial charge < -0.3 is 0 Å². The number of allylic oxidation sites excluding steroid dienone is 8. The molecule has 0 amide bonds. The second kappa shape index (κ2) is 10.5. The molecule has 1 nitrogen and oxygen atoms in total. The molecule has 2 aliphatic rings. The van der Waals surface area contributed by atoms with Gasteiger partial charge in [0.1, 0.15) is 11.6 Å². The van der Waals surface area contributed by atoms with Crippen molar-refractivity contribution in [2.24, 2.45) is 16.8 Å². The molecular formula is C26H31F2N. The maximum atomic E-state index is 14.5. The second-order valence-corrected chi connectivity index (χ2v) is 7.97. The van der Waals surface area contributed by atoms with Crippen LogP contribution in [0, 0.1) is 17.7 Å². The summed E-state index contributed by atoms with van der Waals surface area (Å²) >= 11 is 0. The van der Waals surface area contributed by atoms with Crippen LogP contribution in [0.5, 0.6) is 0 Å². The summed E-state index contributed by atoms with van der Waals surface area (Å²) in [5.74, 6) is 0.412. The number of rotatable bonds is 8. The highest BCUT2D eigenvalue weighted by molar-refractivity contribution is 5.85. The average Bonchev–Trinajstić information content (AvgIpc) is 3.57. The maximum Gasteiger partial charge on any atom is 0.127 e. The van der Waals surface area contributed by atoms with Crippen LogP contribution in [0.15, 0.2) is 76.2 Å². The van der Waals surface area contributed by atoms with E-state index in [1.165, 1.54) is 36.6 Å². The van der Waals surface area contributed by atoms with Crippen molar-refractivity contribution in [1.82, 2.24) is 0 Å². The first-order valence-corrected chi connectivity index (χ1v) is 10.8. The summed E-state index contributed by atoms with van der Waals surface area (Å²) in [5.41, 5.74) is 3.90. The van der Waals surface area contributed by atoms with Gasteiger partial charge in [0.25, 0.3) is 0 Å². The number of benzene rings is 1. The fourth-order valence-corrected chi connectivity index (χ4v) is 3.85. The molecular weight excluding hydrogens is 364 g/mol. The van der Waals surface area contributed by atoms with Crippen LogP contribution in [0.2, 0.25) is 0 Å². The average molecular weight is 396 g/mol. The van der Waals surface area contributed by atoms with Gasteiger partial charge >= 0.3 is 0 Å². The van der Waals surface area contributed by atoms with Gasteiger partial charge in [-0.05, 0) is 87.1 Å². The summed E-state index contributed by atoms with van der Waals surface area (Å²) in [7, 11) is 0. The highest BCUT2D eigenvalue weighted by Gasteiger charge is 2.25. The van der Waals surface area contributed by atoms with E-state index in [4.69, 9.17) is 4.99 Å².